The molecule has 6 rings (SSSR count). The number of allylic oxidation sites excluding steroid dienone is 1. The number of nitrogens with one attached hydrogen (secondary N) is 2. The van der Waals surface area contributed by atoms with E-state index in [1.54, 1.807) is 0 Å². The van der Waals surface area contributed by atoms with Crippen molar-refractivity contribution in [3.8, 4) is 22.6 Å². The lowest BCUT2D eigenvalue weighted by Crippen LogP contribution is -2.18. The molecule has 1 aliphatic heterocycles. The van der Waals surface area contributed by atoms with Gasteiger partial charge in [-0.3, -0.25) is 20.0 Å². The smallest absolute Gasteiger partial charge is 0.135 e. The molecule has 0 radical (unpaired) electrons. The Hall–Kier alpha value is -3.49. The van der Waals surface area contributed by atoms with Crippen LogP contribution in [-0.4, -0.2) is 53.4 Å². The van der Waals surface area contributed by atoms with E-state index in [1.165, 1.54) is 37.1 Å². The number of hydrogen-bond acceptors (Lipinski definition) is 6. The monoisotopic (exact) mass is 509 g/mol. The van der Waals surface area contributed by atoms with Crippen LogP contribution in [0.25, 0.3) is 50.2 Å². The molecule has 8 heteroatoms. The van der Waals surface area contributed by atoms with E-state index in [-0.39, 0.29) is 0 Å². The Kier molecular flexibility index (Phi) is 6.52. The van der Waals surface area contributed by atoms with Crippen molar-refractivity contribution in [2.75, 3.05) is 13.1 Å². The Morgan fingerprint density at radius 3 is 2.73 bits per heavy atom. The number of likely N-dealkylation sites (tertiary alicyclic amines) is 1. The topological polar surface area (TPSA) is 86.4 Å². The normalized spacial score (nSPS) is 15.0. The highest BCUT2D eigenvalue weighted by Crippen LogP contribution is 2.33. The zero-order valence-electron chi connectivity index (χ0n) is 21.5. The summed E-state index contributed by atoms with van der Waals surface area (Å²) in [6.07, 6.45) is 10.2. The molecule has 1 aliphatic rings. The number of thioether (sulfide) groups is 1. The van der Waals surface area contributed by atoms with Crippen molar-refractivity contribution in [3.05, 3.63) is 65.6 Å². The molecule has 1 fully saturated rings. The molecule has 1 saturated heterocycles. The van der Waals surface area contributed by atoms with Crippen molar-refractivity contribution in [2.24, 2.45) is 0 Å². The molecule has 0 amide bonds. The van der Waals surface area contributed by atoms with Crippen molar-refractivity contribution in [1.29, 1.82) is 0 Å². The molecule has 0 saturated carbocycles. The first-order chi connectivity index (χ1) is 18.0. The van der Waals surface area contributed by atoms with Crippen molar-refractivity contribution in [1.82, 2.24) is 35.0 Å². The zero-order chi connectivity index (χ0) is 25.4. The fourth-order valence-electron chi connectivity index (χ4n) is 4.96. The van der Waals surface area contributed by atoms with E-state index in [0.717, 1.165) is 56.7 Å². The summed E-state index contributed by atoms with van der Waals surface area (Å²) >= 11 is 1.82. The molecule has 7 nitrogen and oxygen atoms in total. The molecular weight excluding hydrogens is 478 g/mol. The van der Waals surface area contributed by atoms with E-state index in [9.17, 15) is 0 Å². The van der Waals surface area contributed by atoms with Crippen molar-refractivity contribution in [3.63, 3.8) is 0 Å². The molecule has 188 valence electrons. The minimum atomic E-state index is 0.538. The van der Waals surface area contributed by atoms with Gasteiger partial charge in [0.25, 0.3) is 0 Å². The van der Waals surface area contributed by atoms with E-state index in [0.29, 0.717) is 5.25 Å². The van der Waals surface area contributed by atoms with Gasteiger partial charge in [-0.1, -0.05) is 13.8 Å². The van der Waals surface area contributed by atoms with Crippen LogP contribution in [0, 0.1) is 0 Å². The number of pyridine rings is 3. The molecule has 0 spiro atoms. The van der Waals surface area contributed by atoms with Gasteiger partial charge in [-0.05, 0) is 73.7 Å². The summed E-state index contributed by atoms with van der Waals surface area (Å²) in [5.74, 6) is 0. The van der Waals surface area contributed by atoms with Crippen LogP contribution < -0.4 is 0 Å². The largest absolute Gasteiger partial charge is 0.352 e. The van der Waals surface area contributed by atoms with Crippen molar-refractivity contribution >= 4 is 39.3 Å². The molecule has 6 heterocycles. The van der Waals surface area contributed by atoms with Crippen LogP contribution in [-0.2, 0) is 6.54 Å². The molecule has 0 aromatic carbocycles. The first-order valence-corrected chi connectivity index (χ1v) is 13.8. The molecule has 0 aliphatic carbocycles. The van der Waals surface area contributed by atoms with Gasteiger partial charge >= 0.3 is 0 Å². The predicted molar refractivity (Wildman–Crippen MR) is 153 cm³/mol. The lowest BCUT2D eigenvalue weighted by atomic mass is 10.1. The van der Waals surface area contributed by atoms with Gasteiger partial charge in [0, 0.05) is 46.9 Å². The molecule has 0 bridgehead atoms. The summed E-state index contributed by atoms with van der Waals surface area (Å²) < 4.78 is 0. The van der Waals surface area contributed by atoms with E-state index in [2.05, 4.69) is 68.4 Å². The summed E-state index contributed by atoms with van der Waals surface area (Å²) in [7, 11) is 0. The molecule has 0 unspecified atom stereocenters. The van der Waals surface area contributed by atoms with Crippen LogP contribution in [0.1, 0.15) is 44.7 Å². The van der Waals surface area contributed by atoms with Crippen molar-refractivity contribution < 1.29 is 0 Å². The van der Waals surface area contributed by atoms with Crippen LogP contribution in [0.15, 0.2) is 54.5 Å². The van der Waals surface area contributed by atoms with Gasteiger partial charge in [0.05, 0.1) is 28.6 Å². The van der Waals surface area contributed by atoms with E-state index in [4.69, 9.17) is 4.98 Å². The third-order valence-electron chi connectivity index (χ3n) is 6.85. The van der Waals surface area contributed by atoms with Gasteiger partial charge in [-0.25, -0.2) is 4.98 Å². The second kappa shape index (κ2) is 10.1. The lowest BCUT2D eigenvalue weighted by molar-refractivity contribution is 0.331. The number of hydrogen-bond donors (Lipinski definition) is 2. The van der Waals surface area contributed by atoms with Crippen LogP contribution in [0.2, 0.25) is 0 Å². The standard InChI is InChI=1S/C29H31N7S/c1-18(2)37-17-19(3)23-14-31-15-27-22(23)11-26(32-27)29-28-25(34-35-29)7-6-24(33-28)21-10-20(12-30-13-21)16-36-8-4-5-9-36/h6-7,10-15,17-18,32H,4-5,8-9,16H2,1-3H3,(H,34,35)/b19-17+. The lowest BCUT2D eigenvalue weighted by Gasteiger charge is -2.14. The highest BCUT2D eigenvalue weighted by molar-refractivity contribution is 8.02. The van der Waals surface area contributed by atoms with Crippen molar-refractivity contribution in [2.45, 2.75) is 45.4 Å². The number of aromatic amines is 2. The Morgan fingerprint density at radius 1 is 1.05 bits per heavy atom. The number of rotatable bonds is 7. The van der Waals surface area contributed by atoms with Gasteiger partial charge in [0.2, 0.25) is 0 Å². The van der Waals surface area contributed by atoms with E-state index in [1.807, 2.05) is 48.7 Å². The van der Waals surface area contributed by atoms with Gasteiger partial charge in [-0.15, -0.1) is 11.8 Å². The third kappa shape index (κ3) is 4.91. The predicted octanol–water partition coefficient (Wildman–Crippen LogP) is 6.66. The highest BCUT2D eigenvalue weighted by atomic mass is 32.2. The summed E-state index contributed by atoms with van der Waals surface area (Å²) in [4.78, 5) is 20.0. The average Bonchev–Trinajstić information content (AvgIpc) is 3.66. The number of aromatic nitrogens is 6. The van der Waals surface area contributed by atoms with Gasteiger partial charge in [0.1, 0.15) is 11.2 Å². The second-order valence-corrected chi connectivity index (χ2v) is 11.5. The molecule has 5 aromatic heterocycles. The molecule has 5 aromatic rings. The second-order valence-electron chi connectivity index (χ2n) is 10.0. The maximum atomic E-state index is 5.03. The fraction of sp³-hybridized carbons (Fsp3) is 0.310. The maximum Gasteiger partial charge on any atom is 0.135 e. The Labute approximate surface area is 220 Å². The summed E-state index contributed by atoms with van der Waals surface area (Å²) in [6, 6.07) is 8.46. The SMILES string of the molecule is C/C(=C\SC(C)C)c1cncc2[nH]c(-c3n[nH]c4ccc(-c5cncc(CN6CCCC6)c5)nc34)cc12. The molecular formula is C29H31N7S. The first kappa shape index (κ1) is 23.9. The Morgan fingerprint density at radius 2 is 1.89 bits per heavy atom. The Balaban J connectivity index is 1.36. The first-order valence-electron chi connectivity index (χ1n) is 12.9. The average molecular weight is 510 g/mol. The summed E-state index contributed by atoms with van der Waals surface area (Å²) in [6.45, 7) is 9.81. The summed E-state index contributed by atoms with van der Waals surface area (Å²) in [5, 5.41) is 11.7. The quantitative estimate of drug-likeness (QED) is 0.255. The number of nitrogens with zero attached hydrogens (tertiary/aromatic N) is 5. The Bertz CT molecular complexity index is 1590. The summed E-state index contributed by atoms with van der Waals surface area (Å²) in [5.41, 5.74) is 9.94. The van der Waals surface area contributed by atoms with Crippen LogP contribution in [0.4, 0.5) is 0 Å². The minimum absolute atomic E-state index is 0.538. The van der Waals surface area contributed by atoms with Crippen LogP contribution >= 0.6 is 11.8 Å². The van der Waals surface area contributed by atoms with Gasteiger partial charge in [-0.2, -0.15) is 5.10 Å². The molecule has 0 atom stereocenters. The van der Waals surface area contributed by atoms with Crippen LogP contribution in [0.5, 0.6) is 0 Å². The van der Waals surface area contributed by atoms with Gasteiger partial charge in [0.15, 0.2) is 0 Å². The fourth-order valence-corrected chi connectivity index (χ4v) is 5.56. The zero-order valence-corrected chi connectivity index (χ0v) is 22.3. The minimum Gasteiger partial charge on any atom is -0.352 e. The van der Waals surface area contributed by atoms with Crippen LogP contribution in [0.3, 0.4) is 0 Å². The maximum absolute atomic E-state index is 5.03. The third-order valence-corrected chi connectivity index (χ3v) is 7.88. The number of H-pyrrole nitrogens is 2. The highest BCUT2D eigenvalue weighted by Gasteiger charge is 2.17. The number of fused-ring (bicyclic) bond motifs is 2. The molecule has 2 N–H and O–H groups in total. The molecule has 37 heavy (non-hydrogen) atoms. The van der Waals surface area contributed by atoms with E-state index < -0.39 is 0 Å². The van der Waals surface area contributed by atoms with Gasteiger partial charge < -0.3 is 4.98 Å². The van der Waals surface area contributed by atoms with E-state index >= 15 is 0 Å².